The maximum absolute atomic E-state index is 14.4. The van der Waals surface area contributed by atoms with E-state index in [9.17, 15) is 24.1 Å². The topological polar surface area (TPSA) is 118 Å². The summed E-state index contributed by atoms with van der Waals surface area (Å²) >= 11 is 0. The van der Waals surface area contributed by atoms with E-state index in [1.807, 2.05) is 43.3 Å². The zero-order valence-electron chi connectivity index (χ0n) is 35.9. The standard InChI is InChI=1S/C51H59FN4O5/c1-4-61-38-25-22-35(23-26-38)50(58)53-32-51(2,3)49-40-15-11-14-39(40)42-31-37(56(59)60)24-27-45(42)55(49)28-10-8-6-5-7-9-13-33-18-20-34(21-19-33)48-41-16-12-17-46(57)43-29-36(52)30-44(54-48)47(41)43/h18-27,29-31,39-40,49,54H,4-17,28,32H2,1-3H3,(H,53,58). The van der Waals surface area contributed by atoms with Gasteiger partial charge in [-0.1, -0.05) is 70.2 Å². The number of anilines is 1. The minimum Gasteiger partial charge on any atom is -0.494 e. The van der Waals surface area contributed by atoms with Gasteiger partial charge in [0.05, 0.1) is 11.5 Å². The Labute approximate surface area is 358 Å². The number of nitro groups is 1. The number of carbonyl (C=O) groups excluding carboxylic acids is 2. The van der Waals surface area contributed by atoms with E-state index < -0.39 is 0 Å². The third kappa shape index (κ3) is 8.95. The number of benzene rings is 4. The number of Topliss-reactive ketones (excluding diaryl/α,β-unsaturated/α-hetero) is 1. The van der Waals surface area contributed by atoms with Crippen molar-refractivity contribution in [3.63, 3.8) is 0 Å². The second kappa shape index (κ2) is 18.2. The highest BCUT2D eigenvalue weighted by Gasteiger charge is 2.49. The van der Waals surface area contributed by atoms with E-state index in [2.05, 4.69) is 53.3 Å². The average molecular weight is 827 g/mol. The number of ether oxygens (including phenoxy) is 1. The molecule has 0 spiro atoms. The number of hydrogen-bond donors (Lipinski definition) is 2. The van der Waals surface area contributed by atoms with Crippen LogP contribution in [-0.2, 0) is 12.8 Å². The first-order valence-corrected chi connectivity index (χ1v) is 22.5. The van der Waals surface area contributed by atoms with Crippen LogP contribution in [0.15, 0.2) is 78.9 Å². The fourth-order valence-corrected chi connectivity index (χ4v) is 10.8. The molecule has 5 aromatic rings. The molecule has 1 saturated carbocycles. The van der Waals surface area contributed by atoms with E-state index in [4.69, 9.17) is 4.74 Å². The first kappa shape index (κ1) is 42.2. The van der Waals surface area contributed by atoms with Crippen LogP contribution in [0, 0.1) is 27.3 Å². The molecule has 4 aromatic carbocycles. The Balaban J connectivity index is 0.869. The molecule has 2 aliphatic carbocycles. The van der Waals surface area contributed by atoms with E-state index in [1.54, 1.807) is 6.07 Å². The second-order valence-electron chi connectivity index (χ2n) is 18.2. The second-order valence-corrected chi connectivity index (χ2v) is 18.2. The summed E-state index contributed by atoms with van der Waals surface area (Å²) in [6.45, 7) is 8.43. The van der Waals surface area contributed by atoms with Gasteiger partial charge in [-0.25, -0.2) is 4.39 Å². The molecule has 0 saturated heterocycles. The molecule has 1 aromatic heterocycles. The number of aromatic nitrogens is 1. The number of hydrogen-bond acceptors (Lipinski definition) is 6. The number of non-ortho nitro benzene ring substituents is 1. The molecule has 0 bridgehead atoms. The van der Waals surface area contributed by atoms with E-state index in [0.717, 1.165) is 123 Å². The Kier molecular flexibility index (Phi) is 12.6. The number of H-pyrrole nitrogens is 1. The number of amides is 1. The van der Waals surface area contributed by atoms with E-state index >= 15 is 0 Å². The molecule has 2 N–H and O–H groups in total. The summed E-state index contributed by atoms with van der Waals surface area (Å²) < 4.78 is 20.0. The summed E-state index contributed by atoms with van der Waals surface area (Å²) in [5.74, 6) is 0.896. The van der Waals surface area contributed by atoms with Crippen LogP contribution in [0.2, 0.25) is 0 Å². The SMILES string of the molecule is CCOc1ccc(C(=O)NCC(C)(C)C2C3CCCC3c3cc([N+](=O)[O-])ccc3N2CCCCCCCCc2ccc(-c3[nH]c4cc(F)cc5c4c3CCCC5=O)cc2)cc1. The molecule has 3 atom stereocenters. The zero-order valence-corrected chi connectivity index (χ0v) is 35.9. The molecule has 3 unspecified atom stereocenters. The number of nitro benzene ring substituents is 1. The van der Waals surface area contributed by atoms with Crippen molar-refractivity contribution in [1.82, 2.24) is 10.3 Å². The Morgan fingerprint density at radius 2 is 1.69 bits per heavy atom. The van der Waals surface area contributed by atoms with Gasteiger partial charge in [0, 0.05) is 76.5 Å². The molecule has 1 fully saturated rings. The van der Waals surface area contributed by atoms with Crippen LogP contribution < -0.4 is 15.0 Å². The highest BCUT2D eigenvalue weighted by molar-refractivity contribution is 6.11. The van der Waals surface area contributed by atoms with Gasteiger partial charge in [0.1, 0.15) is 11.6 Å². The van der Waals surface area contributed by atoms with Gasteiger partial charge in [0.25, 0.3) is 11.6 Å². The number of aryl methyl sites for hydroxylation is 2. The van der Waals surface area contributed by atoms with Gasteiger partial charge >= 0.3 is 0 Å². The monoisotopic (exact) mass is 826 g/mol. The van der Waals surface area contributed by atoms with Crippen LogP contribution in [0.4, 0.5) is 15.8 Å². The van der Waals surface area contributed by atoms with Gasteiger partial charge in [-0.05, 0) is 128 Å². The molecule has 3 aliphatic rings. The van der Waals surface area contributed by atoms with Crippen molar-refractivity contribution in [2.75, 3.05) is 24.6 Å². The average Bonchev–Trinajstić information content (AvgIpc) is 3.84. The number of unbranched alkanes of at least 4 members (excludes halogenated alkanes) is 5. The Hall–Kier alpha value is -5.51. The minimum atomic E-state index is -0.383. The Morgan fingerprint density at radius 1 is 0.934 bits per heavy atom. The highest BCUT2D eigenvalue weighted by atomic mass is 19.1. The summed E-state index contributed by atoms with van der Waals surface area (Å²) in [5, 5.41) is 16.0. The number of aromatic amines is 1. The van der Waals surface area contributed by atoms with Crippen LogP contribution in [-0.4, -0.2) is 47.3 Å². The molecule has 0 radical (unpaired) electrons. The highest BCUT2D eigenvalue weighted by Crippen LogP contribution is 2.55. The molecule has 2 heterocycles. The lowest BCUT2D eigenvalue weighted by Crippen LogP contribution is -2.57. The third-order valence-electron chi connectivity index (χ3n) is 13.6. The maximum Gasteiger partial charge on any atom is 0.269 e. The lowest BCUT2D eigenvalue weighted by molar-refractivity contribution is -0.384. The number of nitrogens with zero attached hydrogens (tertiary/aromatic N) is 2. The zero-order chi connectivity index (χ0) is 42.7. The van der Waals surface area contributed by atoms with Crippen molar-refractivity contribution < 1.29 is 23.6 Å². The molecular formula is C51H59FN4O5. The number of ketones is 1. The molecule has 8 rings (SSSR count). The predicted molar refractivity (Wildman–Crippen MR) is 240 cm³/mol. The van der Waals surface area contributed by atoms with Crippen molar-refractivity contribution in [3.8, 4) is 17.0 Å². The minimum absolute atomic E-state index is 0.0163. The first-order valence-electron chi connectivity index (χ1n) is 22.5. The summed E-state index contributed by atoms with van der Waals surface area (Å²) in [6, 6.07) is 24.5. The summed E-state index contributed by atoms with van der Waals surface area (Å²) in [7, 11) is 0. The molecule has 61 heavy (non-hydrogen) atoms. The van der Waals surface area contributed by atoms with Gasteiger partial charge < -0.3 is 19.9 Å². The van der Waals surface area contributed by atoms with Gasteiger partial charge in [0.2, 0.25) is 0 Å². The van der Waals surface area contributed by atoms with Crippen LogP contribution in [0.25, 0.3) is 22.2 Å². The van der Waals surface area contributed by atoms with Gasteiger partial charge in [-0.2, -0.15) is 0 Å². The van der Waals surface area contributed by atoms with Crippen molar-refractivity contribution in [2.24, 2.45) is 11.3 Å². The van der Waals surface area contributed by atoms with Crippen LogP contribution in [0.5, 0.6) is 5.75 Å². The predicted octanol–water partition coefficient (Wildman–Crippen LogP) is 11.9. The van der Waals surface area contributed by atoms with Crippen molar-refractivity contribution >= 4 is 34.0 Å². The fourth-order valence-electron chi connectivity index (χ4n) is 10.8. The normalized spacial score (nSPS) is 18.5. The molecule has 1 amide bonds. The van der Waals surface area contributed by atoms with Crippen LogP contribution >= 0.6 is 0 Å². The molecule has 320 valence electrons. The van der Waals surface area contributed by atoms with Crippen molar-refractivity contribution in [3.05, 3.63) is 123 Å². The lowest BCUT2D eigenvalue weighted by atomic mass is 9.68. The number of carbonyl (C=O) groups is 2. The van der Waals surface area contributed by atoms with Gasteiger partial charge in [-0.3, -0.25) is 19.7 Å². The van der Waals surface area contributed by atoms with Crippen molar-refractivity contribution in [2.45, 2.75) is 116 Å². The number of nitrogens with one attached hydrogen (secondary N) is 2. The Bertz CT molecular complexity index is 2390. The van der Waals surface area contributed by atoms with Gasteiger partial charge in [0.15, 0.2) is 5.78 Å². The first-order chi connectivity index (χ1) is 29.5. The fraction of sp³-hybridized carbons (Fsp3) is 0.451. The smallest absolute Gasteiger partial charge is 0.269 e. The number of rotatable bonds is 17. The number of halogens is 1. The molecule has 9 nitrogen and oxygen atoms in total. The molecular weight excluding hydrogens is 768 g/mol. The quantitative estimate of drug-likeness (QED) is 0.0548. The molecule has 1 aliphatic heterocycles. The third-order valence-corrected chi connectivity index (χ3v) is 13.6. The van der Waals surface area contributed by atoms with E-state index in [1.165, 1.54) is 17.7 Å². The number of fused-ring (bicyclic) bond motifs is 3. The van der Waals surface area contributed by atoms with Crippen LogP contribution in [0.1, 0.15) is 135 Å². The Morgan fingerprint density at radius 3 is 2.44 bits per heavy atom. The van der Waals surface area contributed by atoms with Gasteiger partial charge in [-0.15, -0.1) is 0 Å². The van der Waals surface area contributed by atoms with E-state index in [0.29, 0.717) is 42.1 Å². The lowest BCUT2D eigenvalue weighted by Gasteiger charge is -2.52. The largest absolute Gasteiger partial charge is 0.494 e. The summed E-state index contributed by atoms with van der Waals surface area (Å²) in [5.41, 5.74) is 8.39. The van der Waals surface area contributed by atoms with Crippen LogP contribution in [0.3, 0.4) is 0 Å². The summed E-state index contributed by atoms with van der Waals surface area (Å²) in [6.07, 6.45) is 12.9. The molecule has 10 heteroatoms. The van der Waals surface area contributed by atoms with Crippen molar-refractivity contribution in [1.29, 1.82) is 0 Å². The maximum atomic E-state index is 14.4. The summed E-state index contributed by atoms with van der Waals surface area (Å²) in [4.78, 5) is 43.7. The van der Waals surface area contributed by atoms with E-state index in [-0.39, 0.29) is 45.5 Å².